The van der Waals surface area contributed by atoms with Crippen LogP contribution in [-0.4, -0.2) is 53.5 Å². The smallest absolute Gasteiger partial charge is 0.326 e. The number of nitrogens with one attached hydrogen (secondary N) is 3. The Morgan fingerprint density at radius 3 is 1.86 bits per heavy atom. The summed E-state index contributed by atoms with van der Waals surface area (Å²) in [5.41, 5.74) is 5.30. The Bertz CT molecular complexity index is 550. The first-order valence-electron chi connectivity index (χ1n) is 9.77. The van der Waals surface area contributed by atoms with Gasteiger partial charge >= 0.3 is 5.97 Å². The highest BCUT2D eigenvalue weighted by Crippen LogP contribution is 2.11. The molecule has 0 aromatic rings. The SMILES string of the molecule is CCC(C)C(NC(=O)C(CC(C)C)NC(=O)C(NC(=O)CN)C(C)C)C(=O)O. The van der Waals surface area contributed by atoms with E-state index in [1.165, 1.54) is 0 Å². The van der Waals surface area contributed by atoms with Gasteiger partial charge in [0.1, 0.15) is 18.1 Å². The summed E-state index contributed by atoms with van der Waals surface area (Å²) in [6.45, 7) is 10.7. The largest absolute Gasteiger partial charge is 0.480 e. The number of carbonyl (C=O) groups is 4. The van der Waals surface area contributed by atoms with Gasteiger partial charge in [-0.25, -0.2) is 4.79 Å². The van der Waals surface area contributed by atoms with Crippen LogP contribution in [0.3, 0.4) is 0 Å². The van der Waals surface area contributed by atoms with Crippen molar-refractivity contribution in [3.05, 3.63) is 0 Å². The van der Waals surface area contributed by atoms with Crippen molar-refractivity contribution >= 4 is 23.7 Å². The predicted molar refractivity (Wildman–Crippen MR) is 106 cm³/mol. The normalized spacial score (nSPS) is 15.5. The lowest BCUT2D eigenvalue weighted by atomic mass is 9.97. The molecule has 6 N–H and O–H groups in total. The third kappa shape index (κ3) is 8.69. The summed E-state index contributed by atoms with van der Waals surface area (Å²) in [7, 11) is 0. The number of carboxylic acids is 1. The van der Waals surface area contributed by atoms with Crippen molar-refractivity contribution in [2.75, 3.05) is 6.54 Å². The number of amides is 3. The summed E-state index contributed by atoms with van der Waals surface area (Å²) >= 11 is 0. The molecule has 0 fully saturated rings. The van der Waals surface area contributed by atoms with Gasteiger partial charge < -0.3 is 26.8 Å². The number of aliphatic carboxylic acids is 1. The van der Waals surface area contributed by atoms with Gasteiger partial charge in [-0.2, -0.15) is 0 Å². The zero-order chi connectivity index (χ0) is 22.0. The van der Waals surface area contributed by atoms with Gasteiger partial charge in [0.05, 0.1) is 6.54 Å². The number of hydrogen-bond acceptors (Lipinski definition) is 5. The highest BCUT2D eigenvalue weighted by molar-refractivity contribution is 5.93. The Kier molecular flexibility index (Phi) is 11.4. The lowest BCUT2D eigenvalue weighted by molar-refractivity contribution is -0.144. The first kappa shape index (κ1) is 25.8. The van der Waals surface area contributed by atoms with E-state index < -0.39 is 41.8 Å². The molecule has 4 atom stereocenters. The molecule has 28 heavy (non-hydrogen) atoms. The molecule has 0 aliphatic rings. The Labute approximate surface area is 167 Å². The fourth-order valence-electron chi connectivity index (χ4n) is 2.67. The van der Waals surface area contributed by atoms with Gasteiger partial charge in [0.15, 0.2) is 0 Å². The number of rotatable bonds is 12. The average molecular weight is 401 g/mol. The van der Waals surface area contributed by atoms with Crippen molar-refractivity contribution in [2.24, 2.45) is 23.5 Å². The fraction of sp³-hybridized carbons (Fsp3) is 0.789. The van der Waals surface area contributed by atoms with Crippen LogP contribution < -0.4 is 21.7 Å². The third-order valence-electron chi connectivity index (χ3n) is 4.57. The maximum absolute atomic E-state index is 12.7. The van der Waals surface area contributed by atoms with Crippen LogP contribution in [0.5, 0.6) is 0 Å². The molecule has 9 heteroatoms. The second-order valence-corrected chi connectivity index (χ2v) is 7.89. The van der Waals surface area contributed by atoms with Crippen molar-refractivity contribution in [1.29, 1.82) is 0 Å². The van der Waals surface area contributed by atoms with E-state index in [1.54, 1.807) is 20.8 Å². The molecular weight excluding hydrogens is 364 g/mol. The number of carbonyl (C=O) groups excluding carboxylic acids is 3. The third-order valence-corrected chi connectivity index (χ3v) is 4.57. The lowest BCUT2D eigenvalue weighted by Crippen LogP contribution is -2.58. The summed E-state index contributed by atoms with van der Waals surface area (Å²) in [6, 6.07) is -2.79. The van der Waals surface area contributed by atoms with Crippen molar-refractivity contribution in [3.8, 4) is 0 Å². The highest BCUT2D eigenvalue weighted by atomic mass is 16.4. The number of hydrogen-bond donors (Lipinski definition) is 5. The summed E-state index contributed by atoms with van der Waals surface area (Å²) in [6.07, 6.45) is 0.916. The van der Waals surface area contributed by atoms with E-state index >= 15 is 0 Å². The molecule has 0 bridgehead atoms. The van der Waals surface area contributed by atoms with Crippen molar-refractivity contribution in [1.82, 2.24) is 16.0 Å². The Balaban J connectivity index is 5.38. The topological polar surface area (TPSA) is 151 Å². The second-order valence-electron chi connectivity index (χ2n) is 7.89. The molecule has 0 radical (unpaired) electrons. The summed E-state index contributed by atoms with van der Waals surface area (Å²) in [4.78, 5) is 48.5. The van der Waals surface area contributed by atoms with E-state index in [0.717, 1.165) is 0 Å². The Morgan fingerprint density at radius 1 is 0.893 bits per heavy atom. The molecule has 0 aliphatic carbocycles. The molecule has 0 saturated heterocycles. The fourth-order valence-corrected chi connectivity index (χ4v) is 2.67. The average Bonchev–Trinajstić information content (AvgIpc) is 2.61. The van der Waals surface area contributed by atoms with E-state index in [9.17, 15) is 24.3 Å². The molecule has 3 amide bonds. The van der Waals surface area contributed by atoms with Gasteiger partial charge in [-0.15, -0.1) is 0 Å². The van der Waals surface area contributed by atoms with Crippen molar-refractivity contribution in [2.45, 2.75) is 72.5 Å². The summed E-state index contributed by atoms with van der Waals surface area (Å²) in [5.74, 6) is -3.04. The van der Waals surface area contributed by atoms with E-state index in [4.69, 9.17) is 5.73 Å². The van der Waals surface area contributed by atoms with Gasteiger partial charge in [-0.3, -0.25) is 14.4 Å². The van der Waals surface area contributed by atoms with Crippen molar-refractivity contribution < 1.29 is 24.3 Å². The Morgan fingerprint density at radius 2 is 1.46 bits per heavy atom. The van der Waals surface area contributed by atoms with Crippen LogP contribution in [0.4, 0.5) is 0 Å². The molecule has 162 valence electrons. The minimum absolute atomic E-state index is 0.0825. The van der Waals surface area contributed by atoms with Gasteiger partial charge in [0, 0.05) is 0 Å². The molecule has 0 aromatic heterocycles. The molecular formula is C19H36N4O5. The molecule has 0 aromatic carbocycles. The monoisotopic (exact) mass is 400 g/mol. The maximum atomic E-state index is 12.7. The zero-order valence-electron chi connectivity index (χ0n) is 17.7. The summed E-state index contributed by atoms with van der Waals surface area (Å²) < 4.78 is 0. The maximum Gasteiger partial charge on any atom is 0.326 e. The minimum Gasteiger partial charge on any atom is -0.480 e. The van der Waals surface area contributed by atoms with Crippen LogP contribution in [0.1, 0.15) is 54.4 Å². The molecule has 0 rings (SSSR count). The second kappa shape index (κ2) is 12.3. The highest BCUT2D eigenvalue weighted by Gasteiger charge is 2.32. The Hall–Kier alpha value is -2.16. The zero-order valence-corrected chi connectivity index (χ0v) is 17.7. The number of nitrogens with two attached hydrogens (primary N) is 1. The molecule has 4 unspecified atom stereocenters. The number of carboxylic acid groups (broad SMARTS) is 1. The van der Waals surface area contributed by atoms with Crippen LogP contribution in [0.2, 0.25) is 0 Å². The standard InChI is InChI=1S/C19H36N4O5/c1-7-12(6)16(19(27)28)23-17(25)13(8-10(2)3)21-18(26)15(11(4)5)22-14(24)9-20/h10-13,15-16H,7-9,20H2,1-6H3,(H,21,26)(H,22,24)(H,23,25)(H,27,28). The van der Waals surface area contributed by atoms with Crippen LogP contribution in [-0.2, 0) is 19.2 Å². The van der Waals surface area contributed by atoms with Crippen LogP contribution in [0.25, 0.3) is 0 Å². The molecule has 0 heterocycles. The van der Waals surface area contributed by atoms with E-state index in [0.29, 0.717) is 12.8 Å². The van der Waals surface area contributed by atoms with E-state index in [2.05, 4.69) is 16.0 Å². The van der Waals surface area contributed by atoms with Gasteiger partial charge in [0.25, 0.3) is 0 Å². The predicted octanol–water partition coefficient (Wildman–Crippen LogP) is 0.232. The van der Waals surface area contributed by atoms with E-state index in [1.807, 2.05) is 20.8 Å². The lowest BCUT2D eigenvalue weighted by Gasteiger charge is -2.28. The first-order chi connectivity index (χ1) is 12.9. The first-order valence-corrected chi connectivity index (χ1v) is 9.77. The van der Waals surface area contributed by atoms with Crippen LogP contribution in [0, 0.1) is 17.8 Å². The molecule has 0 spiro atoms. The van der Waals surface area contributed by atoms with Gasteiger partial charge in [-0.1, -0.05) is 48.0 Å². The van der Waals surface area contributed by atoms with Gasteiger partial charge in [0.2, 0.25) is 17.7 Å². The molecule has 0 aliphatic heterocycles. The van der Waals surface area contributed by atoms with E-state index in [-0.39, 0.29) is 24.3 Å². The van der Waals surface area contributed by atoms with Crippen LogP contribution in [0.15, 0.2) is 0 Å². The van der Waals surface area contributed by atoms with Crippen molar-refractivity contribution in [3.63, 3.8) is 0 Å². The minimum atomic E-state index is -1.12. The summed E-state index contributed by atoms with van der Waals surface area (Å²) in [5, 5.41) is 17.1. The molecule has 9 nitrogen and oxygen atoms in total. The quantitative estimate of drug-likeness (QED) is 0.316. The molecule has 0 saturated carbocycles. The van der Waals surface area contributed by atoms with Gasteiger partial charge in [-0.05, 0) is 24.2 Å². The van der Waals surface area contributed by atoms with Crippen LogP contribution >= 0.6 is 0 Å².